The zero-order valence-electron chi connectivity index (χ0n) is 17.5. The van der Waals surface area contributed by atoms with Gasteiger partial charge in [-0.05, 0) is 41.8 Å². The van der Waals surface area contributed by atoms with E-state index in [1.807, 2.05) is 23.1 Å². The predicted octanol–water partition coefficient (Wildman–Crippen LogP) is 3.12. The van der Waals surface area contributed by atoms with Crippen LogP contribution in [0, 0.1) is 0 Å². The largest absolute Gasteiger partial charge is 0.493 e. The molecule has 0 saturated carbocycles. The van der Waals surface area contributed by atoms with Crippen molar-refractivity contribution in [1.29, 1.82) is 0 Å². The lowest BCUT2D eigenvalue weighted by Gasteiger charge is -2.36. The molecule has 0 unspecified atom stereocenters. The number of amides is 1. The van der Waals surface area contributed by atoms with E-state index in [4.69, 9.17) is 21.1 Å². The number of hydrogen-bond donors (Lipinski definition) is 0. The maximum atomic E-state index is 12.9. The van der Waals surface area contributed by atoms with Gasteiger partial charge in [-0.3, -0.25) is 14.6 Å². The highest BCUT2D eigenvalue weighted by molar-refractivity contribution is 7.16. The molecule has 0 N–H and O–H groups in total. The minimum absolute atomic E-state index is 0.203. The van der Waals surface area contributed by atoms with Gasteiger partial charge in [-0.1, -0.05) is 11.6 Å². The van der Waals surface area contributed by atoms with Gasteiger partial charge in [0.2, 0.25) is 5.91 Å². The Labute approximate surface area is 186 Å². The van der Waals surface area contributed by atoms with Gasteiger partial charge in [0.25, 0.3) is 0 Å². The van der Waals surface area contributed by atoms with E-state index in [0.29, 0.717) is 18.8 Å². The Morgan fingerprint density at radius 3 is 2.30 bits per heavy atom. The maximum Gasteiger partial charge on any atom is 0.237 e. The summed E-state index contributed by atoms with van der Waals surface area (Å²) in [5.74, 6) is 1.67. The van der Waals surface area contributed by atoms with Crippen LogP contribution in [0.5, 0.6) is 11.5 Å². The average Bonchev–Trinajstić information content (AvgIpc) is 3.18. The van der Waals surface area contributed by atoms with E-state index in [0.717, 1.165) is 61.3 Å². The van der Waals surface area contributed by atoms with E-state index in [2.05, 4.69) is 15.9 Å². The summed E-state index contributed by atoms with van der Waals surface area (Å²) in [7, 11) is 3.29. The molecular weight excluding hydrogens is 422 g/mol. The monoisotopic (exact) mass is 449 g/mol. The van der Waals surface area contributed by atoms with E-state index in [1.165, 1.54) is 10.4 Å². The van der Waals surface area contributed by atoms with Crippen LogP contribution in [0.4, 0.5) is 0 Å². The Hall–Kier alpha value is -1.80. The van der Waals surface area contributed by atoms with E-state index in [1.54, 1.807) is 25.6 Å². The fraction of sp³-hybridized carbons (Fsp3) is 0.500. The molecule has 1 aromatic carbocycles. The van der Waals surface area contributed by atoms with Crippen LogP contribution in [0.2, 0.25) is 4.34 Å². The molecule has 8 heteroatoms. The Bertz CT molecular complexity index is 896. The molecule has 30 heavy (non-hydrogen) atoms. The van der Waals surface area contributed by atoms with Gasteiger partial charge in [-0.2, -0.15) is 0 Å². The van der Waals surface area contributed by atoms with Crippen molar-refractivity contribution in [3.8, 4) is 11.5 Å². The van der Waals surface area contributed by atoms with Crippen molar-refractivity contribution in [3.63, 3.8) is 0 Å². The number of halogens is 1. The minimum Gasteiger partial charge on any atom is -0.493 e. The Morgan fingerprint density at radius 1 is 1.00 bits per heavy atom. The van der Waals surface area contributed by atoms with Crippen molar-refractivity contribution in [2.45, 2.75) is 19.5 Å². The number of piperazine rings is 1. The first-order chi connectivity index (χ1) is 14.6. The Balaban J connectivity index is 1.29. The quantitative estimate of drug-likeness (QED) is 0.678. The number of methoxy groups -OCH3 is 2. The molecule has 2 aromatic rings. The van der Waals surface area contributed by atoms with Crippen LogP contribution < -0.4 is 9.47 Å². The summed E-state index contributed by atoms with van der Waals surface area (Å²) in [5.41, 5.74) is 2.38. The first-order valence-corrected chi connectivity index (χ1v) is 11.5. The van der Waals surface area contributed by atoms with Gasteiger partial charge in [-0.25, -0.2) is 0 Å². The van der Waals surface area contributed by atoms with Crippen LogP contribution in [0.1, 0.15) is 16.0 Å². The van der Waals surface area contributed by atoms with Crippen LogP contribution in [-0.4, -0.2) is 74.1 Å². The molecule has 4 rings (SSSR count). The van der Waals surface area contributed by atoms with Crippen molar-refractivity contribution in [2.24, 2.45) is 0 Å². The van der Waals surface area contributed by atoms with Crippen LogP contribution in [0.25, 0.3) is 0 Å². The van der Waals surface area contributed by atoms with Crippen LogP contribution >= 0.6 is 22.9 Å². The second-order valence-corrected chi connectivity index (χ2v) is 9.60. The first-order valence-electron chi connectivity index (χ1n) is 10.3. The molecule has 0 spiro atoms. The summed E-state index contributed by atoms with van der Waals surface area (Å²) in [6, 6.07) is 8.10. The predicted molar refractivity (Wildman–Crippen MR) is 120 cm³/mol. The highest BCUT2D eigenvalue weighted by atomic mass is 35.5. The molecule has 162 valence electrons. The lowest BCUT2D eigenvalue weighted by Crippen LogP contribution is -2.50. The van der Waals surface area contributed by atoms with Crippen LogP contribution in [-0.2, 0) is 24.3 Å². The second-order valence-electron chi connectivity index (χ2n) is 7.80. The Morgan fingerprint density at radius 2 is 1.67 bits per heavy atom. The van der Waals surface area contributed by atoms with Crippen LogP contribution in [0.15, 0.2) is 24.3 Å². The lowest BCUT2D eigenvalue weighted by molar-refractivity contribution is -0.133. The van der Waals surface area contributed by atoms with Gasteiger partial charge >= 0.3 is 0 Å². The third-order valence-corrected chi connectivity index (χ3v) is 7.12. The summed E-state index contributed by atoms with van der Waals surface area (Å²) in [4.78, 5) is 20.9. The van der Waals surface area contributed by atoms with Crippen molar-refractivity contribution < 1.29 is 14.3 Å². The van der Waals surface area contributed by atoms with Gasteiger partial charge in [0.05, 0.1) is 25.1 Å². The molecule has 0 atom stereocenters. The summed E-state index contributed by atoms with van der Waals surface area (Å²) in [6.45, 7) is 6.59. The minimum atomic E-state index is 0.203. The third-order valence-electron chi connectivity index (χ3n) is 5.90. The van der Waals surface area contributed by atoms with Crippen molar-refractivity contribution >= 4 is 28.8 Å². The smallest absolute Gasteiger partial charge is 0.237 e. The number of rotatable bonds is 6. The lowest BCUT2D eigenvalue weighted by atomic mass is 9.98. The summed E-state index contributed by atoms with van der Waals surface area (Å²) >= 11 is 7.68. The highest BCUT2D eigenvalue weighted by Crippen LogP contribution is 2.33. The fourth-order valence-electron chi connectivity index (χ4n) is 4.15. The molecule has 1 aromatic heterocycles. The molecule has 1 amide bonds. The number of fused-ring (bicyclic) bond motifs is 1. The number of carbonyl (C=O) groups is 1. The van der Waals surface area contributed by atoms with Crippen molar-refractivity contribution in [1.82, 2.24) is 14.7 Å². The zero-order valence-corrected chi connectivity index (χ0v) is 19.1. The summed E-state index contributed by atoms with van der Waals surface area (Å²) in [6.07, 6.45) is 0.846. The molecule has 3 heterocycles. The molecular formula is C22H28ClN3O3S. The highest BCUT2D eigenvalue weighted by Gasteiger charge is 2.26. The molecule has 0 aliphatic carbocycles. The van der Waals surface area contributed by atoms with Crippen molar-refractivity contribution in [2.75, 3.05) is 53.5 Å². The molecule has 1 fully saturated rings. The van der Waals surface area contributed by atoms with Crippen LogP contribution in [0.3, 0.4) is 0 Å². The van der Waals surface area contributed by atoms with E-state index in [-0.39, 0.29) is 5.91 Å². The van der Waals surface area contributed by atoms with Gasteiger partial charge in [0.15, 0.2) is 11.5 Å². The van der Waals surface area contributed by atoms with Gasteiger partial charge in [0, 0.05) is 50.7 Å². The molecule has 0 bridgehead atoms. The summed E-state index contributed by atoms with van der Waals surface area (Å²) < 4.78 is 11.7. The SMILES string of the molecule is COc1cc2c(cc1OC)CN(C(=O)CN1CCN(Cc3ccc(Cl)s3)CC1)CC2. The number of nitrogens with zero attached hydrogens (tertiary/aromatic N) is 3. The first kappa shape index (κ1) is 21.4. The van der Waals surface area contributed by atoms with E-state index >= 15 is 0 Å². The standard InChI is InChI=1S/C22H28ClN3O3S/c1-28-19-11-16-5-6-26(13-17(16)12-20(19)29-2)22(27)15-25-9-7-24(8-10-25)14-18-3-4-21(23)30-18/h3-4,11-12H,5-10,13-15H2,1-2H3. The third kappa shape index (κ3) is 4.91. The van der Waals surface area contributed by atoms with Gasteiger partial charge in [-0.15, -0.1) is 11.3 Å². The zero-order chi connectivity index (χ0) is 21.1. The van der Waals surface area contributed by atoms with Crippen molar-refractivity contribution in [3.05, 3.63) is 44.6 Å². The summed E-state index contributed by atoms with van der Waals surface area (Å²) in [5, 5.41) is 0. The normalized spacial score (nSPS) is 17.6. The van der Waals surface area contributed by atoms with Gasteiger partial charge in [0.1, 0.15) is 0 Å². The topological polar surface area (TPSA) is 45.3 Å². The number of ether oxygens (including phenoxy) is 2. The molecule has 2 aliphatic rings. The second kappa shape index (κ2) is 9.56. The van der Waals surface area contributed by atoms with E-state index < -0.39 is 0 Å². The average molecular weight is 450 g/mol. The molecule has 1 saturated heterocycles. The molecule has 6 nitrogen and oxygen atoms in total. The Kier molecular flexibility index (Phi) is 6.83. The number of benzene rings is 1. The fourth-order valence-corrected chi connectivity index (χ4v) is 5.28. The molecule has 2 aliphatic heterocycles. The number of hydrogen-bond acceptors (Lipinski definition) is 6. The van der Waals surface area contributed by atoms with Gasteiger partial charge < -0.3 is 14.4 Å². The maximum absolute atomic E-state index is 12.9. The van der Waals surface area contributed by atoms with E-state index in [9.17, 15) is 4.79 Å². The number of thiophene rings is 1. The molecule has 0 radical (unpaired) electrons. The number of carbonyl (C=O) groups excluding carboxylic acids is 1.